The largest absolute Gasteiger partial charge is 0.416 e. The van der Waals surface area contributed by atoms with Crippen molar-refractivity contribution < 1.29 is 13.2 Å². The van der Waals surface area contributed by atoms with Gasteiger partial charge in [0.1, 0.15) is 5.82 Å². The van der Waals surface area contributed by atoms with Crippen LogP contribution in [-0.4, -0.2) is 9.97 Å². The summed E-state index contributed by atoms with van der Waals surface area (Å²) in [6, 6.07) is 12.3. The first-order valence-electron chi connectivity index (χ1n) is 7.68. The van der Waals surface area contributed by atoms with Gasteiger partial charge in [0.05, 0.1) is 17.7 Å². The molecule has 0 bridgehead atoms. The van der Waals surface area contributed by atoms with Crippen molar-refractivity contribution in [2.75, 3.05) is 5.32 Å². The predicted octanol–water partition coefficient (Wildman–Crippen LogP) is 6.03. The third-order valence-corrected chi connectivity index (χ3v) is 4.07. The molecular weight excluding hydrogens is 341 g/mol. The average Bonchev–Trinajstić information content (AvgIpc) is 3.02. The van der Waals surface area contributed by atoms with E-state index in [1.165, 1.54) is 6.07 Å². The number of nitrogens with zero attached hydrogens (tertiary/aromatic N) is 2. The maximum Gasteiger partial charge on any atom is 0.416 e. The standard InChI is InChI=1S/C19H11F3N4/c1-23-17-10-24-16-9-13(5-6-14(16)17)25-18-7-3-11-2-4-12(19(20,21)22)8-15(11)26-18/h2-10,24H,(H,25,26). The Hall–Kier alpha value is -3.53. The maximum absolute atomic E-state index is 12.9. The van der Waals surface area contributed by atoms with Gasteiger partial charge in [-0.3, -0.25) is 0 Å². The fourth-order valence-corrected chi connectivity index (χ4v) is 2.79. The first kappa shape index (κ1) is 16.0. The molecule has 0 amide bonds. The Labute approximate surface area is 146 Å². The smallest absolute Gasteiger partial charge is 0.372 e. The van der Waals surface area contributed by atoms with Crippen molar-refractivity contribution in [3.63, 3.8) is 0 Å². The van der Waals surface area contributed by atoms with Crippen LogP contribution in [0.5, 0.6) is 0 Å². The van der Waals surface area contributed by atoms with Gasteiger partial charge >= 0.3 is 6.18 Å². The van der Waals surface area contributed by atoms with Gasteiger partial charge in [0.2, 0.25) is 5.69 Å². The summed E-state index contributed by atoms with van der Waals surface area (Å²) in [4.78, 5) is 10.7. The van der Waals surface area contributed by atoms with Gasteiger partial charge in [-0.2, -0.15) is 13.2 Å². The third kappa shape index (κ3) is 2.82. The Balaban J connectivity index is 1.69. The molecule has 4 aromatic rings. The van der Waals surface area contributed by atoms with Gasteiger partial charge in [-0.05, 0) is 36.4 Å². The topological polar surface area (TPSA) is 45.1 Å². The molecule has 0 saturated carbocycles. The van der Waals surface area contributed by atoms with Crippen LogP contribution >= 0.6 is 0 Å². The van der Waals surface area contributed by atoms with E-state index in [4.69, 9.17) is 6.57 Å². The van der Waals surface area contributed by atoms with Crippen LogP contribution in [0.2, 0.25) is 0 Å². The molecule has 2 aromatic carbocycles. The highest BCUT2D eigenvalue weighted by atomic mass is 19.4. The van der Waals surface area contributed by atoms with Gasteiger partial charge in [0, 0.05) is 28.2 Å². The third-order valence-electron chi connectivity index (χ3n) is 4.07. The van der Waals surface area contributed by atoms with Gasteiger partial charge < -0.3 is 10.3 Å². The van der Waals surface area contributed by atoms with E-state index in [9.17, 15) is 13.2 Å². The Morgan fingerprint density at radius 3 is 2.62 bits per heavy atom. The van der Waals surface area contributed by atoms with E-state index < -0.39 is 11.7 Å². The summed E-state index contributed by atoms with van der Waals surface area (Å²) in [5.41, 5.74) is 1.58. The monoisotopic (exact) mass is 352 g/mol. The van der Waals surface area contributed by atoms with Crippen LogP contribution in [0.3, 0.4) is 0 Å². The summed E-state index contributed by atoms with van der Waals surface area (Å²) in [6.45, 7) is 7.11. The molecule has 0 aliphatic rings. The first-order valence-corrected chi connectivity index (χ1v) is 7.68. The van der Waals surface area contributed by atoms with E-state index >= 15 is 0 Å². The SMILES string of the molecule is [C-]#[N+]c1c[nH]c2cc(Nc3ccc4ccc(C(F)(F)F)cc4n3)ccc12. The van der Waals surface area contributed by atoms with Crippen LogP contribution in [0.1, 0.15) is 5.56 Å². The van der Waals surface area contributed by atoms with E-state index in [2.05, 4.69) is 20.1 Å². The van der Waals surface area contributed by atoms with Crippen molar-refractivity contribution in [3.05, 3.63) is 71.7 Å². The number of halogens is 3. The molecule has 0 atom stereocenters. The quantitative estimate of drug-likeness (QED) is 0.433. The molecule has 0 saturated heterocycles. The molecule has 0 radical (unpaired) electrons. The van der Waals surface area contributed by atoms with E-state index in [-0.39, 0.29) is 5.52 Å². The Bertz CT molecular complexity index is 1170. The fourth-order valence-electron chi connectivity index (χ4n) is 2.79. The molecule has 26 heavy (non-hydrogen) atoms. The molecule has 2 N–H and O–H groups in total. The first-order chi connectivity index (χ1) is 12.4. The Morgan fingerprint density at radius 2 is 1.85 bits per heavy atom. The summed E-state index contributed by atoms with van der Waals surface area (Å²) in [6.07, 6.45) is -2.77. The average molecular weight is 352 g/mol. The minimum atomic E-state index is -4.40. The molecule has 0 spiro atoms. The number of pyridine rings is 1. The Kier molecular flexibility index (Phi) is 3.55. The number of benzene rings is 2. The predicted molar refractivity (Wildman–Crippen MR) is 94.6 cm³/mol. The molecule has 2 aromatic heterocycles. The van der Waals surface area contributed by atoms with Crippen LogP contribution in [0, 0.1) is 6.57 Å². The minimum Gasteiger partial charge on any atom is -0.372 e. The lowest BCUT2D eigenvalue weighted by molar-refractivity contribution is -0.137. The van der Waals surface area contributed by atoms with Crippen molar-refractivity contribution in [3.8, 4) is 0 Å². The second-order valence-corrected chi connectivity index (χ2v) is 5.77. The zero-order valence-electron chi connectivity index (χ0n) is 13.2. The Morgan fingerprint density at radius 1 is 1.04 bits per heavy atom. The number of aromatic nitrogens is 2. The lowest BCUT2D eigenvalue weighted by Gasteiger charge is -2.10. The minimum absolute atomic E-state index is 0.265. The van der Waals surface area contributed by atoms with Crippen molar-refractivity contribution >= 4 is 39.0 Å². The van der Waals surface area contributed by atoms with Gasteiger partial charge in [-0.1, -0.05) is 12.1 Å². The number of hydrogen-bond acceptors (Lipinski definition) is 2. The summed E-state index contributed by atoms with van der Waals surface area (Å²) >= 11 is 0. The van der Waals surface area contributed by atoms with Gasteiger partial charge in [-0.15, -0.1) is 0 Å². The van der Waals surface area contributed by atoms with Gasteiger partial charge in [0.25, 0.3) is 0 Å². The number of hydrogen-bond donors (Lipinski definition) is 2. The number of H-pyrrole nitrogens is 1. The lowest BCUT2D eigenvalue weighted by atomic mass is 10.1. The maximum atomic E-state index is 12.9. The number of fused-ring (bicyclic) bond motifs is 2. The molecule has 0 fully saturated rings. The van der Waals surface area contributed by atoms with E-state index in [0.717, 1.165) is 28.7 Å². The van der Waals surface area contributed by atoms with Gasteiger partial charge in [-0.25, -0.2) is 9.83 Å². The van der Waals surface area contributed by atoms with Crippen LogP contribution in [-0.2, 0) is 6.18 Å². The summed E-state index contributed by atoms with van der Waals surface area (Å²) in [5.74, 6) is 0.438. The molecule has 7 heteroatoms. The van der Waals surface area contributed by atoms with Crippen LogP contribution in [0.15, 0.2) is 54.7 Å². The fraction of sp³-hybridized carbons (Fsp3) is 0.0526. The molecule has 128 valence electrons. The molecular formula is C19H11F3N4. The highest BCUT2D eigenvalue weighted by Gasteiger charge is 2.30. The van der Waals surface area contributed by atoms with Crippen LogP contribution in [0.4, 0.5) is 30.4 Å². The number of anilines is 2. The molecule has 4 nitrogen and oxygen atoms in total. The molecule has 4 rings (SSSR count). The summed E-state index contributed by atoms with van der Waals surface area (Å²) in [5, 5.41) is 4.53. The van der Waals surface area contributed by atoms with Crippen molar-refractivity contribution in [2.45, 2.75) is 6.18 Å². The summed E-state index contributed by atoms with van der Waals surface area (Å²) in [7, 11) is 0. The van der Waals surface area contributed by atoms with Crippen molar-refractivity contribution in [2.24, 2.45) is 0 Å². The number of alkyl halides is 3. The summed E-state index contributed by atoms with van der Waals surface area (Å²) < 4.78 is 38.6. The number of aromatic amines is 1. The highest BCUT2D eigenvalue weighted by molar-refractivity contribution is 5.95. The van der Waals surface area contributed by atoms with E-state index in [0.29, 0.717) is 16.9 Å². The zero-order valence-corrected chi connectivity index (χ0v) is 13.2. The van der Waals surface area contributed by atoms with Crippen molar-refractivity contribution in [1.82, 2.24) is 9.97 Å². The highest BCUT2D eigenvalue weighted by Crippen LogP contribution is 2.32. The second-order valence-electron chi connectivity index (χ2n) is 5.77. The van der Waals surface area contributed by atoms with Crippen molar-refractivity contribution in [1.29, 1.82) is 0 Å². The normalized spacial score (nSPS) is 11.6. The molecule has 0 unspecified atom stereocenters. The number of nitrogens with one attached hydrogen (secondary N) is 2. The second kappa shape index (κ2) is 5.77. The molecule has 0 aliphatic carbocycles. The molecule has 2 heterocycles. The molecule has 0 aliphatic heterocycles. The van der Waals surface area contributed by atoms with Crippen LogP contribution < -0.4 is 5.32 Å². The van der Waals surface area contributed by atoms with Crippen LogP contribution in [0.25, 0.3) is 26.7 Å². The number of rotatable bonds is 2. The van der Waals surface area contributed by atoms with Gasteiger partial charge in [0.15, 0.2) is 0 Å². The zero-order chi connectivity index (χ0) is 18.3. The lowest BCUT2D eigenvalue weighted by Crippen LogP contribution is -2.04. The van der Waals surface area contributed by atoms with E-state index in [1.54, 1.807) is 24.4 Å². The van der Waals surface area contributed by atoms with E-state index in [1.807, 2.05) is 12.1 Å².